The summed E-state index contributed by atoms with van der Waals surface area (Å²) in [5.41, 5.74) is 34.5. The molecule has 0 unspecified atom stereocenters. The van der Waals surface area contributed by atoms with E-state index in [4.69, 9.17) is 42.7 Å². The molecule has 0 atom stereocenters. The highest BCUT2D eigenvalue weighted by Crippen LogP contribution is 2.31. The van der Waals surface area contributed by atoms with E-state index in [1.165, 1.54) is 34.2 Å². The molecule has 6 heterocycles. The molecule has 0 aliphatic carbocycles. The number of ether oxygens (including phenoxy) is 1. The van der Waals surface area contributed by atoms with Crippen molar-refractivity contribution in [3.63, 3.8) is 0 Å². The average Bonchev–Trinajstić information content (AvgIpc) is 1.69. The molecule has 0 aliphatic rings. The van der Waals surface area contributed by atoms with Gasteiger partial charge in [-0.2, -0.15) is 0 Å². The summed E-state index contributed by atoms with van der Waals surface area (Å²) >= 11 is 3.06. The van der Waals surface area contributed by atoms with Crippen LogP contribution in [-0.2, 0) is 11.2 Å². The van der Waals surface area contributed by atoms with Crippen molar-refractivity contribution < 1.29 is 42.7 Å². The summed E-state index contributed by atoms with van der Waals surface area (Å²) in [5, 5.41) is 25.6. The Morgan fingerprint density at radius 3 is 1.35 bits per heavy atom. The van der Waals surface area contributed by atoms with Gasteiger partial charge in [-0.1, -0.05) is 73.3 Å². The summed E-state index contributed by atoms with van der Waals surface area (Å²) < 4.78 is 16.5. The third-order valence-electron chi connectivity index (χ3n) is 13.6. The highest BCUT2D eigenvalue weighted by atomic mass is 79.9. The van der Waals surface area contributed by atoms with Crippen molar-refractivity contribution in [3.8, 4) is 79.8 Å². The third-order valence-corrected chi connectivity index (χ3v) is 14.0. The normalized spacial score (nSPS) is 10.5. The van der Waals surface area contributed by atoms with E-state index < -0.39 is 11.9 Å². The highest BCUT2D eigenvalue weighted by molar-refractivity contribution is 9.10. The Hall–Kier alpha value is -12.6. The van der Waals surface area contributed by atoms with Crippen molar-refractivity contribution in [1.29, 1.82) is 0 Å². The van der Waals surface area contributed by atoms with Gasteiger partial charge in [-0.15, -0.1) is 20.4 Å². The van der Waals surface area contributed by atoms with Crippen LogP contribution >= 0.6 is 15.9 Å². The molecule has 4 amide bonds. The first kappa shape index (κ1) is 70.3. The van der Waals surface area contributed by atoms with E-state index in [9.17, 15) is 24.0 Å². The molecule has 5 aromatic carbocycles. The quantitative estimate of drug-likeness (QED) is 0.0233. The van der Waals surface area contributed by atoms with E-state index in [-0.39, 0.29) is 76.5 Å². The van der Waals surface area contributed by atoms with Crippen LogP contribution in [0.4, 0.5) is 23.3 Å². The predicted octanol–water partition coefficient (Wildman–Crippen LogP) is 7.11. The third kappa shape index (κ3) is 17.8. The Bertz CT molecular complexity index is 4640. The minimum Gasteiger partial charge on any atom is -0.464 e. The van der Waals surface area contributed by atoms with Gasteiger partial charge in [-0.25, -0.2) is 50.5 Å². The lowest BCUT2D eigenvalue weighted by Gasteiger charge is -2.10. The molecular weight excluding hydrogens is 1310 g/mol. The summed E-state index contributed by atoms with van der Waals surface area (Å²) in [5.74, 6) is 4.99. The van der Waals surface area contributed by atoms with Crippen LogP contribution in [0.15, 0.2) is 166 Å². The first-order valence-corrected chi connectivity index (χ1v) is 29.6. The maximum absolute atomic E-state index is 12.1. The minimum atomic E-state index is -0.619. The molecule has 0 saturated heterocycles. The molecule has 6 aromatic heterocycles. The lowest BCUT2D eigenvalue weighted by Crippen LogP contribution is -2.31. The molecule has 0 radical (unpaired) electrons. The maximum Gasteiger partial charge on any atom is 0.360 e. The summed E-state index contributed by atoms with van der Waals surface area (Å²) in [4.78, 5) is 96.2. The fourth-order valence-electron chi connectivity index (χ4n) is 8.57. The van der Waals surface area contributed by atoms with Gasteiger partial charge in [0.2, 0.25) is 11.8 Å². The number of hydrazine groups is 1. The monoisotopic (exact) mass is 1370 g/mol. The lowest BCUT2D eigenvalue weighted by molar-refractivity contribution is 0.0593. The number of amides is 4. The Kier molecular flexibility index (Phi) is 23.4. The van der Waals surface area contributed by atoms with Gasteiger partial charge in [0, 0.05) is 93.4 Å². The molecule has 31 heteroatoms. The zero-order valence-electron chi connectivity index (χ0n) is 53.2. The number of hydrogen-bond acceptors (Lipinski definition) is 26. The van der Waals surface area contributed by atoms with Crippen LogP contribution in [-0.4, -0.2) is 166 Å². The number of nitrogens with zero attached hydrogens (tertiary/aromatic N) is 15. The Morgan fingerprint density at radius 1 is 0.526 bits per heavy atom. The number of halogens is 1. The number of nitrogen functional groups attached to an aromatic ring is 5. The Labute approximate surface area is 562 Å². The lowest BCUT2D eigenvalue weighted by atomic mass is 10.1. The maximum atomic E-state index is 12.1. The summed E-state index contributed by atoms with van der Waals surface area (Å²) in [7, 11) is 11.4. The zero-order chi connectivity index (χ0) is 70.0. The first-order valence-electron chi connectivity index (χ1n) is 28.8. The number of esters is 1. The fourth-order valence-corrected chi connectivity index (χ4v) is 8.85. The summed E-state index contributed by atoms with van der Waals surface area (Å²) in [6.07, 6.45) is 8.25. The SMILES string of the molecule is C=Cc1cccc(-c2nnc(-c3nc(-c4ccc(C(=O)N(C)C)cc4)cnc3N)o2)c1.CN(C)C(=O)c1ccc(-c2cnc(N)c(-c3nnc(-c4cccc(CCO)c4)o3)n2)cc1.CN(C)C(=O)c1ccc(-c2cnc(N)c(C(=O)NN)n2)cc1.COC(=O)c1nc(Br)cnc1N. The number of anilines is 4. The number of carbonyl (C=O) groups excluding carboxylic acids is 5. The largest absolute Gasteiger partial charge is 0.464 e. The number of aliphatic hydroxyl groups excluding tert-OH is 1. The van der Waals surface area contributed by atoms with E-state index in [1.807, 2.05) is 54.0 Å². The Morgan fingerprint density at radius 2 is 0.928 bits per heavy atom. The number of nitrogens with one attached hydrogen (secondary N) is 1. The van der Waals surface area contributed by atoms with Crippen molar-refractivity contribution in [2.24, 2.45) is 5.84 Å². The van der Waals surface area contributed by atoms with E-state index >= 15 is 0 Å². The summed E-state index contributed by atoms with van der Waals surface area (Å²) in [6, 6.07) is 36.1. The fraction of sp³-hybridized carbons (Fsp3) is 0.136. The van der Waals surface area contributed by atoms with Gasteiger partial charge in [0.05, 0.1) is 49.0 Å². The molecule has 0 fully saturated rings. The molecular formula is C66H64BrN21O9. The van der Waals surface area contributed by atoms with Gasteiger partial charge in [0.15, 0.2) is 46.0 Å². The van der Waals surface area contributed by atoms with Crippen LogP contribution in [0.25, 0.3) is 85.9 Å². The van der Waals surface area contributed by atoms with Crippen molar-refractivity contribution >= 4 is 74.9 Å². The van der Waals surface area contributed by atoms with Gasteiger partial charge in [-0.3, -0.25) is 24.6 Å². The van der Waals surface area contributed by atoms with Gasteiger partial charge in [0.25, 0.3) is 35.4 Å². The number of rotatable bonds is 15. The molecule has 0 spiro atoms. The number of hydrogen-bond donors (Lipinski definition) is 7. The standard InChI is InChI=1S/C23H22N6O3.C23H20N6O2.C14H16N6O2.C6H6BrN3O2/c1-29(2)23(31)16-8-6-15(7-9-16)18-13-25-20(24)19(26-18)22-28-27-21(32-22)17-5-3-4-14(12-17)10-11-30;1-4-14-6-5-7-17(12-14)21-27-28-22(31-21)19-20(24)25-13-18(26-19)15-8-10-16(11-9-15)23(30)29(2)3;1-20(2)14(22)9-5-3-8(4-6-9)10-7-17-12(15)11(18-10)13(21)19-16;1-12-6(11)4-5(8)9-2-3(7)10-4/h3-9,12-13,30H,10-11H2,1-2H3,(H2,24,25);4-13H,1H2,2-3H3,(H2,24,25);3-7H,16H2,1-2H3,(H2,15,17)(H,19,21);2H,1H3,(H2,8,9). The second-order valence-electron chi connectivity index (χ2n) is 21.0. The van der Waals surface area contributed by atoms with Crippen molar-refractivity contribution in [2.45, 2.75) is 6.42 Å². The number of benzene rings is 5. The van der Waals surface area contributed by atoms with E-state index in [0.717, 1.165) is 33.4 Å². The van der Waals surface area contributed by atoms with Crippen LogP contribution in [0.1, 0.15) is 63.2 Å². The molecule has 12 N–H and O–H groups in total. The van der Waals surface area contributed by atoms with E-state index in [2.05, 4.69) is 87.5 Å². The number of carbonyl (C=O) groups is 5. The molecule has 0 aliphatic heterocycles. The van der Waals surface area contributed by atoms with Crippen LogP contribution in [0, 0.1) is 0 Å². The van der Waals surface area contributed by atoms with Crippen molar-refractivity contribution in [3.05, 3.63) is 197 Å². The number of methoxy groups -OCH3 is 1. The summed E-state index contributed by atoms with van der Waals surface area (Å²) in [6.45, 7) is 3.83. The van der Waals surface area contributed by atoms with Gasteiger partial charge >= 0.3 is 5.97 Å². The molecule has 30 nitrogen and oxygen atoms in total. The van der Waals surface area contributed by atoms with Gasteiger partial charge in [-0.05, 0) is 94.1 Å². The second-order valence-corrected chi connectivity index (χ2v) is 21.8. The zero-order valence-corrected chi connectivity index (χ0v) is 54.8. The van der Waals surface area contributed by atoms with E-state index in [0.29, 0.717) is 67.8 Å². The first-order chi connectivity index (χ1) is 46.5. The van der Waals surface area contributed by atoms with Gasteiger partial charge in [0.1, 0.15) is 4.60 Å². The number of aliphatic hydroxyl groups is 1. The predicted molar refractivity (Wildman–Crippen MR) is 365 cm³/mol. The van der Waals surface area contributed by atoms with Crippen molar-refractivity contribution in [1.82, 2.24) is 80.4 Å². The Balaban J connectivity index is 0.000000174. The topological polar surface area (TPSA) is 448 Å². The molecule has 11 aromatic rings. The molecule has 97 heavy (non-hydrogen) atoms. The second kappa shape index (κ2) is 32.3. The molecule has 11 rings (SSSR count). The van der Waals surface area contributed by atoms with E-state index in [1.54, 1.807) is 134 Å². The average molecular weight is 1380 g/mol. The van der Waals surface area contributed by atoms with Crippen LogP contribution in [0.3, 0.4) is 0 Å². The van der Waals surface area contributed by atoms with Crippen LogP contribution in [0.2, 0.25) is 0 Å². The smallest absolute Gasteiger partial charge is 0.360 e. The number of aromatic nitrogens is 12. The molecule has 0 bridgehead atoms. The number of nitrogens with two attached hydrogens (primary N) is 5. The van der Waals surface area contributed by atoms with Crippen molar-refractivity contribution in [2.75, 3.05) is 78.9 Å². The molecule has 0 saturated carbocycles. The van der Waals surface area contributed by atoms with Gasteiger partial charge < -0.3 is 56.3 Å². The molecule has 494 valence electrons. The minimum absolute atomic E-state index is 0.00824. The highest BCUT2D eigenvalue weighted by Gasteiger charge is 2.21. The van der Waals surface area contributed by atoms with Crippen LogP contribution in [0.5, 0.6) is 0 Å². The van der Waals surface area contributed by atoms with Crippen LogP contribution < -0.4 is 34.2 Å².